The second kappa shape index (κ2) is 8.69. The molecule has 1 heterocycles. The number of amides is 1. The summed E-state index contributed by atoms with van der Waals surface area (Å²) in [6.07, 6.45) is 4.68. The Hall–Kier alpha value is -1.36. The van der Waals surface area contributed by atoms with Gasteiger partial charge in [0.1, 0.15) is 6.54 Å². The molecule has 0 N–H and O–H groups in total. The first-order valence-corrected chi connectivity index (χ1v) is 6.83. The molecule has 0 radical (unpaired) electrons. The first-order chi connectivity index (χ1) is 9.17. The highest BCUT2D eigenvalue weighted by atomic mass is 16.5. The Kier molecular flexibility index (Phi) is 7.18. The molecule has 0 aliphatic carbocycles. The van der Waals surface area contributed by atoms with E-state index in [1.165, 1.54) is 4.90 Å². The summed E-state index contributed by atoms with van der Waals surface area (Å²) in [5.74, 6) is -0.420. The molecule has 5 nitrogen and oxygen atoms in total. The Bertz CT molecular complexity index is 311. The van der Waals surface area contributed by atoms with Gasteiger partial charge in [-0.15, -0.1) is 6.58 Å². The number of carbonyl (C=O) groups is 2. The van der Waals surface area contributed by atoms with Gasteiger partial charge in [-0.25, -0.2) is 0 Å². The summed E-state index contributed by atoms with van der Waals surface area (Å²) >= 11 is 0. The molecular weight excluding hydrogens is 246 g/mol. The molecule has 1 amide bonds. The van der Waals surface area contributed by atoms with Crippen molar-refractivity contribution in [2.45, 2.75) is 38.7 Å². The fraction of sp³-hybridized carbons (Fsp3) is 0.714. The van der Waals surface area contributed by atoms with E-state index in [9.17, 15) is 9.59 Å². The van der Waals surface area contributed by atoms with Crippen molar-refractivity contribution < 1.29 is 19.1 Å². The highest BCUT2D eigenvalue weighted by Crippen LogP contribution is 2.14. The van der Waals surface area contributed by atoms with E-state index in [0.717, 1.165) is 19.4 Å². The van der Waals surface area contributed by atoms with Gasteiger partial charge in [-0.3, -0.25) is 9.59 Å². The van der Waals surface area contributed by atoms with Gasteiger partial charge in [-0.1, -0.05) is 6.08 Å². The van der Waals surface area contributed by atoms with Crippen LogP contribution in [0.1, 0.15) is 32.6 Å². The Labute approximate surface area is 114 Å². The minimum atomic E-state index is -0.368. The molecule has 19 heavy (non-hydrogen) atoms. The quantitative estimate of drug-likeness (QED) is 0.495. The number of hydrogen-bond donors (Lipinski definition) is 0. The summed E-state index contributed by atoms with van der Waals surface area (Å²) in [7, 11) is 0. The molecule has 0 saturated carbocycles. The van der Waals surface area contributed by atoms with Gasteiger partial charge in [0, 0.05) is 19.6 Å². The van der Waals surface area contributed by atoms with Gasteiger partial charge in [0.25, 0.3) is 0 Å². The van der Waals surface area contributed by atoms with Crippen LogP contribution >= 0.6 is 0 Å². The minimum Gasteiger partial charge on any atom is -0.465 e. The Morgan fingerprint density at radius 3 is 2.89 bits per heavy atom. The first kappa shape index (κ1) is 15.7. The molecule has 1 fully saturated rings. The number of hydrogen-bond acceptors (Lipinski definition) is 4. The maximum absolute atomic E-state index is 12.0. The molecule has 5 heteroatoms. The fourth-order valence-electron chi connectivity index (χ4n) is 2.03. The zero-order valence-electron chi connectivity index (χ0n) is 11.6. The van der Waals surface area contributed by atoms with E-state index in [1.54, 1.807) is 13.0 Å². The summed E-state index contributed by atoms with van der Waals surface area (Å²) in [5.41, 5.74) is 0. The van der Waals surface area contributed by atoms with Gasteiger partial charge in [0.2, 0.25) is 5.91 Å². The third-order valence-corrected chi connectivity index (χ3v) is 2.99. The molecule has 1 aliphatic rings. The first-order valence-electron chi connectivity index (χ1n) is 6.83. The molecule has 0 aromatic rings. The molecule has 0 unspecified atom stereocenters. The van der Waals surface area contributed by atoms with Crippen LogP contribution in [0.15, 0.2) is 12.7 Å². The third-order valence-electron chi connectivity index (χ3n) is 2.99. The fourth-order valence-corrected chi connectivity index (χ4v) is 2.03. The SMILES string of the molecule is C=CCCC(=O)N(CC(=O)OCC)C[C@@H]1CCCO1. The molecule has 1 saturated heterocycles. The van der Waals surface area contributed by atoms with E-state index in [0.29, 0.717) is 26.0 Å². The van der Waals surface area contributed by atoms with Crippen LogP contribution in [-0.4, -0.2) is 49.2 Å². The van der Waals surface area contributed by atoms with Crippen molar-refractivity contribution in [1.82, 2.24) is 4.90 Å². The van der Waals surface area contributed by atoms with E-state index >= 15 is 0 Å². The molecule has 108 valence electrons. The normalized spacial score (nSPS) is 18.1. The maximum atomic E-state index is 12.0. The largest absolute Gasteiger partial charge is 0.465 e. The van der Waals surface area contributed by atoms with Crippen LogP contribution in [0.4, 0.5) is 0 Å². The summed E-state index contributed by atoms with van der Waals surface area (Å²) in [5, 5.41) is 0. The van der Waals surface area contributed by atoms with Gasteiger partial charge in [0.15, 0.2) is 0 Å². The average molecular weight is 269 g/mol. The summed E-state index contributed by atoms with van der Waals surface area (Å²) in [6.45, 7) is 6.88. The van der Waals surface area contributed by atoms with Crippen molar-refractivity contribution in [3.05, 3.63) is 12.7 Å². The van der Waals surface area contributed by atoms with Gasteiger partial charge >= 0.3 is 5.97 Å². The van der Waals surface area contributed by atoms with Crippen LogP contribution in [-0.2, 0) is 19.1 Å². The van der Waals surface area contributed by atoms with Crippen LogP contribution in [0.25, 0.3) is 0 Å². The summed E-state index contributed by atoms with van der Waals surface area (Å²) in [6, 6.07) is 0. The Balaban J connectivity index is 2.52. The van der Waals surface area contributed by atoms with E-state index in [2.05, 4.69) is 6.58 Å². The highest BCUT2D eigenvalue weighted by Gasteiger charge is 2.24. The van der Waals surface area contributed by atoms with E-state index in [4.69, 9.17) is 9.47 Å². The van der Waals surface area contributed by atoms with Crippen molar-refractivity contribution in [3.63, 3.8) is 0 Å². The van der Waals surface area contributed by atoms with Gasteiger partial charge in [-0.2, -0.15) is 0 Å². The molecule has 0 aromatic heterocycles. The van der Waals surface area contributed by atoms with Crippen molar-refractivity contribution in [2.75, 3.05) is 26.3 Å². The second-order valence-electron chi connectivity index (χ2n) is 4.54. The number of ether oxygens (including phenoxy) is 2. The number of nitrogens with zero attached hydrogens (tertiary/aromatic N) is 1. The number of esters is 1. The van der Waals surface area contributed by atoms with Crippen LogP contribution in [0.5, 0.6) is 0 Å². The zero-order valence-corrected chi connectivity index (χ0v) is 11.6. The lowest BCUT2D eigenvalue weighted by molar-refractivity contribution is -0.149. The van der Waals surface area contributed by atoms with Crippen molar-refractivity contribution in [1.29, 1.82) is 0 Å². The minimum absolute atomic E-state index is 0.00365. The number of allylic oxidation sites excluding steroid dienone is 1. The lowest BCUT2D eigenvalue weighted by Crippen LogP contribution is -2.41. The smallest absolute Gasteiger partial charge is 0.325 e. The third kappa shape index (κ3) is 5.87. The van der Waals surface area contributed by atoms with Crippen molar-refractivity contribution >= 4 is 11.9 Å². The van der Waals surface area contributed by atoms with Crippen molar-refractivity contribution in [2.24, 2.45) is 0 Å². The van der Waals surface area contributed by atoms with Gasteiger partial charge < -0.3 is 14.4 Å². The molecule has 0 bridgehead atoms. The lowest BCUT2D eigenvalue weighted by atomic mass is 10.2. The molecular formula is C14H23NO4. The summed E-state index contributed by atoms with van der Waals surface area (Å²) < 4.78 is 10.4. The van der Waals surface area contributed by atoms with E-state index in [-0.39, 0.29) is 24.5 Å². The van der Waals surface area contributed by atoms with Crippen LogP contribution in [0, 0.1) is 0 Å². The van der Waals surface area contributed by atoms with Gasteiger partial charge in [-0.05, 0) is 26.2 Å². The van der Waals surface area contributed by atoms with Gasteiger partial charge in [0.05, 0.1) is 12.7 Å². The topological polar surface area (TPSA) is 55.8 Å². The van der Waals surface area contributed by atoms with Crippen molar-refractivity contribution in [3.8, 4) is 0 Å². The predicted octanol–water partition coefficient (Wildman–Crippen LogP) is 1.52. The second-order valence-corrected chi connectivity index (χ2v) is 4.54. The molecule has 1 rings (SSSR count). The maximum Gasteiger partial charge on any atom is 0.325 e. The summed E-state index contributed by atoms with van der Waals surface area (Å²) in [4.78, 5) is 25.1. The van der Waals surface area contributed by atoms with E-state index < -0.39 is 0 Å². The van der Waals surface area contributed by atoms with E-state index in [1.807, 2.05) is 0 Å². The Morgan fingerprint density at radius 1 is 1.53 bits per heavy atom. The lowest BCUT2D eigenvalue weighted by Gasteiger charge is -2.24. The highest BCUT2D eigenvalue weighted by molar-refractivity contribution is 5.82. The number of rotatable bonds is 8. The van der Waals surface area contributed by atoms with Crippen LogP contribution < -0.4 is 0 Å². The molecule has 1 atom stereocenters. The molecule has 1 aliphatic heterocycles. The Morgan fingerprint density at radius 2 is 2.32 bits per heavy atom. The standard InChI is InChI=1S/C14H23NO4/c1-3-5-8-13(16)15(11-14(17)18-4-2)10-12-7-6-9-19-12/h3,12H,1,4-11H2,2H3/t12-/m0/s1. The van der Waals surface area contributed by atoms with Crippen LogP contribution in [0.2, 0.25) is 0 Å². The average Bonchev–Trinajstić information content (AvgIpc) is 2.88. The zero-order chi connectivity index (χ0) is 14.1. The molecule has 0 aromatic carbocycles. The monoisotopic (exact) mass is 269 g/mol. The molecule has 0 spiro atoms. The number of carbonyl (C=O) groups excluding carboxylic acids is 2. The van der Waals surface area contributed by atoms with Crippen LogP contribution in [0.3, 0.4) is 0 Å². The predicted molar refractivity (Wildman–Crippen MR) is 71.6 cm³/mol.